The molecule has 3 aromatic heterocycles. The van der Waals surface area contributed by atoms with Crippen LogP contribution in [0.5, 0.6) is 0 Å². The van der Waals surface area contributed by atoms with Crippen molar-refractivity contribution >= 4 is 27.8 Å². The Morgan fingerprint density at radius 1 is 1.27 bits per heavy atom. The molecule has 0 amide bonds. The molecule has 0 bridgehead atoms. The van der Waals surface area contributed by atoms with E-state index in [-0.39, 0.29) is 5.56 Å². The Morgan fingerprint density at radius 3 is 2.92 bits per heavy atom. The van der Waals surface area contributed by atoms with Crippen LogP contribution in [0.25, 0.3) is 10.2 Å². The molecule has 0 N–H and O–H groups in total. The van der Waals surface area contributed by atoms with Gasteiger partial charge in [0.25, 0.3) is 5.56 Å². The third-order valence-electron chi connectivity index (χ3n) is 4.01. The first-order valence-corrected chi connectivity index (χ1v) is 9.15. The van der Waals surface area contributed by atoms with Gasteiger partial charge in [0.15, 0.2) is 0 Å². The molecule has 6 nitrogen and oxygen atoms in total. The summed E-state index contributed by atoms with van der Waals surface area (Å²) in [5.74, 6) is 0. The van der Waals surface area contributed by atoms with Gasteiger partial charge in [-0.3, -0.25) is 9.48 Å². The van der Waals surface area contributed by atoms with E-state index in [0.29, 0.717) is 11.9 Å². The molecule has 3 heterocycles. The predicted octanol–water partition coefficient (Wildman–Crippen LogP) is 3.15. The second-order valence-electron chi connectivity index (χ2n) is 5.88. The van der Waals surface area contributed by atoms with Crippen LogP contribution in [-0.2, 0) is 13.0 Å². The van der Waals surface area contributed by atoms with E-state index in [1.165, 1.54) is 16.6 Å². The lowest BCUT2D eigenvalue weighted by Gasteiger charge is -2.00. The van der Waals surface area contributed by atoms with E-state index in [1.54, 1.807) is 23.7 Å². The van der Waals surface area contributed by atoms with Gasteiger partial charge in [-0.2, -0.15) is 14.9 Å². The Morgan fingerprint density at radius 2 is 2.12 bits per heavy atom. The van der Waals surface area contributed by atoms with E-state index in [2.05, 4.69) is 34.2 Å². The van der Waals surface area contributed by atoms with Gasteiger partial charge < -0.3 is 0 Å². The van der Waals surface area contributed by atoms with Gasteiger partial charge in [0.1, 0.15) is 11.2 Å². The summed E-state index contributed by atoms with van der Waals surface area (Å²) in [6.07, 6.45) is 7.60. The summed E-state index contributed by atoms with van der Waals surface area (Å²) in [7, 11) is 0. The van der Waals surface area contributed by atoms with E-state index in [0.717, 1.165) is 21.7 Å². The lowest BCUT2D eigenvalue weighted by Crippen LogP contribution is -2.16. The predicted molar refractivity (Wildman–Crippen MR) is 104 cm³/mol. The molecule has 26 heavy (non-hydrogen) atoms. The first-order valence-electron chi connectivity index (χ1n) is 8.34. The number of fused-ring (bicyclic) bond motifs is 1. The maximum absolute atomic E-state index is 12.5. The molecule has 1 aromatic carbocycles. The summed E-state index contributed by atoms with van der Waals surface area (Å²) >= 11 is 1.55. The maximum atomic E-state index is 12.5. The van der Waals surface area contributed by atoms with Crippen LogP contribution in [0.3, 0.4) is 0 Å². The molecule has 7 heteroatoms. The molecule has 4 rings (SSSR count). The van der Waals surface area contributed by atoms with Crippen LogP contribution in [0, 0.1) is 0 Å². The van der Waals surface area contributed by atoms with Crippen LogP contribution in [0.2, 0.25) is 0 Å². The Balaban J connectivity index is 1.56. The van der Waals surface area contributed by atoms with Crippen molar-refractivity contribution < 1.29 is 0 Å². The van der Waals surface area contributed by atoms with Crippen molar-refractivity contribution in [3.8, 4) is 0 Å². The molecule has 0 aliphatic carbocycles. The third kappa shape index (κ3) is 3.34. The highest BCUT2D eigenvalue weighted by Gasteiger charge is 2.07. The first-order chi connectivity index (χ1) is 12.7. The van der Waals surface area contributed by atoms with Crippen LogP contribution in [0.4, 0.5) is 0 Å². The zero-order valence-corrected chi connectivity index (χ0v) is 15.1. The lowest BCUT2D eigenvalue weighted by atomic mass is 10.2. The number of hydrogen-bond donors (Lipinski definition) is 0. The van der Waals surface area contributed by atoms with Crippen molar-refractivity contribution in [1.29, 1.82) is 0 Å². The normalized spacial score (nSPS) is 11.6. The first kappa shape index (κ1) is 16.4. The third-order valence-corrected chi connectivity index (χ3v) is 5.19. The maximum Gasteiger partial charge on any atom is 0.282 e. The molecule has 0 spiro atoms. The molecule has 0 unspecified atom stereocenters. The fourth-order valence-electron chi connectivity index (χ4n) is 2.65. The highest BCUT2D eigenvalue weighted by Crippen LogP contribution is 2.20. The minimum Gasteiger partial charge on any atom is -0.268 e. The highest BCUT2D eigenvalue weighted by molar-refractivity contribution is 7.18. The van der Waals surface area contributed by atoms with Gasteiger partial charge in [0, 0.05) is 16.6 Å². The van der Waals surface area contributed by atoms with Gasteiger partial charge in [-0.15, -0.1) is 11.3 Å². The van der Waals surface area contributed by atoms with Gasteiger partial charge in [0.05, 0.1) is 24.3 Å². The second-order valence-corrected chi connectivity index (χ2v) is 7.00. The number of hydrogen-bond acceptors (Lipinski definition) is 5. The molecule has 0 saturated heterocycles. The van der Waals surface area contributed by atoms with Crippen LogP contribution in [0.15, 0.2) is 65.0 Å². The van der Waals surface area contributed by atoms with Crippen molar-refractivity contribution in [1.82, 2.24) is 19.4 Å². The summed E-state index contributed by atoms with van der Waals surface area (Å²) in [4.78, 5) is 18.8. The SMILES string of the molecule is CCc1cc2c(=O)n(/N=C\c3cnn(Cc4ccccc4)c3)cnc2s1. The van der Waals surface area contributed by atoms with Crippen LogP contribution >= 0.6 is 11.3 Å². The van der Waals surface area contributed by atoms with E-state index >= 15 is 0 Å². The minimum absolute atomic E-state index is 0.154. The molecule has 130 valence electrons. The zero-order chi connectivity index (χ0) is 17.9. The van der Waals surface area contributed by atoms with E-state index in [1.807, 2.05) is 35.1 Å². The number of aromatic nitrogens is 4. The van der Waals surface area contributed by atoms with Crippen LogP contribution < -0.4 is 5.56 Å². The van der Waals surface area contributed by atoms with Gasteiger partial charge >= 0.3 is 0 Å². The molecular weight excluding hydrogens is 346 g/mol. The Bertz CT molecular complexity index is 1120. The van der Waals surface area contributed by atoms with Crippen LogP contribution in [0.1, 0.15) is 22.9 Å². The second kappa shape index (κ2) is 7.05. The Labute approximate surface area is 154 Å². The van der Waals surface area contributed by atoms with E-state index < -0.39 is 0 Å². The average Bonchev–Trinajstić information content (AvgIpc) is 3.29. The van der Waals surface area contributed by atoms with Gasteiger partial charge in [-0.25, -0.2) is 4.98 Å². The Hall–Kier alpha value is -3.06. The fraction of sp³-hybridized carbons (Fsp3) is 0.158. The summed E-state index contributed by atoms with van der Waals surface area (Å²) in [6, 6.07) is 12.0. The number of rotatable bonds is 5. The fourth-order valence-corrected chi connectivity index (χ4v) is 3.58. The highest BCUT2D eigenvalue weighted by atomic mass is 32.1. The van der Waals surface area contributed by atoms with Crippen molar-refractivity contribution in [2.24, 2.45) is 5.10 Å². The topological polar surface area (TPSA) is 65.1 Å². The molecule has 0 aliphatic heterocycles. The summed E-state index contributed by atoms with van der Waals surface area (Å²) < 4.78 is 3.11. The standard InChI is InChI=1S/C19H17N5OS/c1-2-16-8-17-18(26-16)20-13-24(19(17)25)22-10-15-9-21-23(12-15)11-14-6-4-3-5-7-14/h3-10,12-13H,2,11H2,1H3/b22-10-. The molecule has 0 aliphatic rings. The van der Waals surface area contributed by atoms with Gasteiger partial charge in [-0.05, 0) is 18.1 Å². The molecule has 0 atom stereocenters. The van der Waals surface area contributed by atoms with E-state index in [4.69, 9.17) is 0 Å². The molecular formula is C19H17N5OS. The smallest absolute Gasteiger partial charge is 0.268 e. The summed E-state index contributed by atoms with van der Waals surface area (Å²) in [5.41, 5.74) is 1.85. The Kier molecular flexibility index (Phi) is 4.45. The van der Waals surface area contributed by atoms with Gasteiger partial charge in [0.2, 0.25) is 0 Å². The molecule has 0 saturated carbocycles. The number of benzene rings is 1. The largest absolute Gasteiger partial charge is 0.282 e. The molecule has 4 aromatic rings. The zero-order valence-electron chi connectivity index (χ0n) is 14.2. The van der Waals surface area contributed by atoms with Crippen molar-refractivity contribution in [3.63, 3.8) is 0 Å². The van der Waals surface area contributed by atoms with Gasteiger partial charge in [-0.1, -0.05) is 37.3 Å². The minimum atomic E-state index is -0.154. The monoisotopic (exact) mass is 363 g/mol. The lowest BCUT2D eigenvalue weighted by molar-refractivity contribution is 0.687. The quantitative estimate of drug-likeness (QED) is 0.512. The van der Waals surface area contributed by atoms with Crippen molar-refractivity contribution in [3.05, 3.63) is 81.5 Å². The van der Waals surface area contributed by atoms with E-state index in [9.17, 15) is 4.79 Å². The summed E-state index contributed by atoms with van der Waals surface area (Å²) in [5, 5.41) is 9.20. The van der Waals surface area contributed by atoms with Crippen molar-refractivity contribution in [2.75, 3.05) is 0 Å². The molecule has 0 fully saturated rings. The van der Waals surface area contributed by atoms with Crippen LogP contribution in [-0.4, -0.2) is 25.7 Å². The average molecular weight is 363 g/mol. The van der Waals surface area contributed by atoms with Crippen molar-refractivity contribution in [2.45, 2.75) is 19.9 Å². The number of aryl methyl sites for hydroxylation is 1. The summed E-state index contributed by atoms with van der Waals surface area (Å²) in [6.45, 7) is 2.76. The number of thiophene rings is 1. The number of nitrogens with zero attached hydrogens (tertiary/aromatic N) is 5. The molecule has 0 radical (unpaired) electrons.